The fraction of sp³-hybridized carbons (Fsp3) is 0.143. The molecule has 1 aliphatic carbocycles. The first-order chi connectivity index (χ1) is 36.5. The van der Waals surface area contributed by atoms with Crippen LogP contribution in [0.3, 0.4) is 0 Å². The van der Waals surface area contributed by atoms with E-state index in [1.54, 1.807) is 97.1 Å². The SMILES string of the molecule is COB(O)c1ccc(C2c3cc(c(O)cc3O)C(c3ccc(B(O)OC)cc3)c3cc(c(O)cc3O)C(c3ccc(B(O)OC)cc3)c3cc(c(O)cc3O)C(c3ccc(B(O)OC)cc3)c3cc2c(O)cc3O)cc1. The van der Waals surface area contributed by atoms with E-state index in [9.17, 15) is 60.9 Å². The average Bonchev–Trinajstić information content (AvgIpc) is 3.43. The molecule has 384 valence electrons. The number of phenolic OH excluding ortho intramolecular Hbond substituents is 8. The number of fused-ring (bicyclic) bond motifs is 8. The summed E-state index contributed by atoms with van der Waals surface area (Å²) >= 11 is 0. The Morgan fingerprint density at radius 3 is 0.526 bits per heavy atom. The van der Waals surface area contributed by atoms with Gasteiger partial charge in [0.15, 0.2) is 0 Å². The number of hydrogen-bond donors (Lipinski definition) is 12. The Morgan fingerprint density at radius 2 is 0.395 bits per heavy atom. The standard InChI is InChI=1S/C56H52B4O16/c1-73-57(69)33-13-5-29(6-14-33)53-37-21-39(47(63)25-45(37)61)54(30-7-15-34(16-8-30)58(70)74-2)41-23-43(51(67)27-49(41)65)56(32-11-19-36(20-12-32)60(72)76-4)44-24-42(50(66)28-52(44)68)55(40-22-38(53)46(62)26-48(40)64)31-9-17-35(18-10-31)59(71)75-3/h5-28,53-56,61-72H,1-4H3. The van der Waals surface area contributed by atoms with Crippen LogP contribution in [0.4, 0.5) is 0 Å². The minimum atomic E-state index is -1.31. The van der Waals surface area contributed by atoms with E-state index in [1.165, 1.54) is 52.7 Å². The van der Waals surface area contributed by atoms with Crippen LogP contribution in [-0.4, -0.2) is 118 Å². The first-order valence-corrected chi connectivity index (χ1v) is 23.9. The first kappa shape index (κ1) is 52.9. The average molecular weight is 1020 g/mol. The van der Waals surface area contributed by atoms with Crippen molar-refractivity contribution in [3.63, 3.8) is 0 Å². The minimum Gasteiger partial charge on any atom is -0.507 e. The summed E-state index contributed by atoms with van der Waals surface area (Å²) in [6.07, 6.45) is 0. The Labute approximate surface area is 438 Å². The van der Waals surface area contributed by atoms with Gasteiger partial charge in [0.1, 0.15) is 46.0 Å². The molecule has 0 heterocycles. The lowest BCUT2D eigenvalue weighted by Gasteiger charge is -2.30. The highest BCUT2D eigenvalue weighted by atomic mass is 16.5. The number of rotatable bonds is 12. The second-order valence-corrected chi connectivity index (χ2v) is 18.6. The van der Waals surface area contributed by atoms with Gasteiger partial charge in [-0.2, -0.15) is 0 Å². The van der Waals surface area contributed by atoms with Crippen molar-refractivity contribution >= 4 is 50.3 Å². The van der Waals surface area contributed by atoms with Crippen LogP contribution in [-0.2, 0) is 18.6 Å². The van der Waals surface area contributed by atoms with Crippen molar-refractivity contribution in [1.82, 2.24) is 0 Å². The molecule has 0 fully saturated rings. The van der Waals surface area contributed by atoms with Crippen LogP contribution >= 0.6 is 0 Å². The smallest absolute Gasteiger partial charge is 0.490 e. The van der Waals surface area contributed by atoms with Crippen molar-refractivity contribution in [2.24, 2.45) is 0 Å². The van der Waals surface area contributed by atoms with Gasteiger partial charge in [0.05, 0.1) is 0 Å². The van der Waals surface area contributed by atoms with Crippen LogP contribution < -0.4 is 21.9 Å². The van der Waals surface area contributed by atoms with Crippen molar-refractivity contribution in [2.45, 2.75) is 23.7 Å². The van der Waals surface area contributed by atoms with E-state index in [1.807, 2.05) is 0 Å². The van der Waals surface area contributed by atoms with Crippen LogP contribution in [0.25, 0.3) is 0 Å². The Hall–Kier alpha value is -7.90. The van der Waals surface area contributed by atoms with Gasteiger partial charge in [0.2, 0.25) is 0 Å². The van der Waals surface area contributed by atoms with Crippen molar-refractivity contribution in [3.8, 4) is 46.0 Å². The molecule has 0 aromatic heterocycles. The minimum absolute atomic E-state index is 0.0993. The van der Waals surface area contributed by atoms with Crippen LogP contribution in [0.15, 0.2) is 146 Å². The van der Waals surface area contributed by atoms with Crippen molar-refractivity contribution in [1.29, 1.82) is 0 Å². The van der Waals surface area contributed by atoms with Gasteiger partial charge in [0, 0.05) is 121 Å². The molecule has 16 nitrogen and oxygen atoms in total. The lowest BCUT2D eigenvalue weighted by atomic mass is 9.73. The predicted molar refractivity (Wildman–Crippen MR) is 287 cm³/mol. The molecule has 1 aliphatic rings. The third-order valence-corrected chi connectivity index (χ3v) is 14.3. The molecule has 20 heteroatoms. The van der Waals surface area contributed by atoms with Crippen LogP contribution in [0.2, 0.25) is 0 Å². The summed E-state index contributed by atoms with van der Waals surface area (Å²) < 4.78 is 20.7. The Kier molecular flexibility index (Phi) is 15.2. The van der Waals surface area contributed by atoms with Gasteiger partial charge in [-0.25, -0.2) is 0 Å². The number of aromatic hydroxyl groups is 8. The summed E-state index contributed by atoms with van der Waals surface area (Å²) in [6.45, 7) is 0. The fourth-order valence-corrected chi connectivity index (χ4v) is 10.4. The van der Waals surface area contributed by atoms with E-state index >= 15 is 0 Å². The van der Waals surface area contributed by atoms with Crippen molar-refractivity contribution < 1.29 is 79.6 Å². The monoisotopic (exact) mass is 1020 g/mol. The maximum Gasteiger partial charge on any atom is 0.490 e. The Bertz CT molecular complexity index is 2850. The molecule has 9 rings (SSSR count). The van der Waals surface area contributed by atoms with Crippen LogP contribution in [0.5, 0.6) is 46.0 Å². The molecule has 0 saturated carbocycles. The van der Waals surface area contributed by atoms with Gasteiger partial charge >= 0.3 is 28.5 Å². The van der Waals surface area contributed by atoms with Crippen LogP contribution in [0, 0.1) is 0 Å². The predicted octanol–water partition coefficient (Wildman–Crippen LogP) is 3.70. The highest BCUT2D eigenvalue weighted by Gasteiger charge is 2.36. The quantitative estimate of drug-likeness (QED) is 0.0778. The molecule has 12 N–H and O–H groups in total. The molecule has 0 spiro atoms. The molecule has 0 aliphatic heterocycles. The summed E-state index contributed by atoms with van der Waals surface area (Å²) in [4.78, 5) is 0. The molecule has 76 heavy (non-hydrogen) atoms. The number of phenols is 8. The van der Waals surface area contributed by atoms with E-state index in [4.69, 9.17) is 18.6 Å². The fourth-order valence-electron chi connectivity index (χ4n) is 10.4. The van der Waals surface area contributed by atoms with Gasteiger partial charge < -0.3 is 79.6 Å². The lowest BCUT2D eigenvalue weighted by Crippen LogP contribution is -2.32. The molecule has 8 aromatic rings. The zero-order valence-electron chi connectivity index (χ0n) is 41.5. The van der Waals surface area contributed by atoms with Gasteiger partial charge in [-0.3, -0.25) is 0 Å². The molecule has 0 amide bonds. The molecule has 0 saturated heterocycles. The van der Waals surface area contributed by atoms with Gasteiger partial charge in [-0.05, 0) is 68.4 Å². The van der Waals surface area contributed by atoms with Gasteiger partial charge in [-0.1, -0.05) is 97.1 Å². The van der Waals surface area contributed by atoms with Crippen LogP contribution in [0.1, 0.15) is 90.4 Å². The zero-order chi connectivity index (χ0) is 54.3. The molecule has 0 unspecified atom stereocenters. The molecular formula is C56H52B4O16. The zero-order valence-corrected chi connectivity index (χ0v) is 41.5. The maximum atomic E-state index is 12.2. The van der Waals surface area contributed by atoms with E-state index in [2.05, 4.69) is 0 Å². The highest BCUT2D eigenvalue weighted by molar-refractivity contribution is 6.61. The van der Waals surface area contributed by atoms with E-state index in [0.717, 1.165) is 24.3 Å². The lowest BCUT2D eigenvalue weighted by molar-refractivity contribution is 0.341. The third kappa shape index (κ3) is 9.91. The summed E-state index contributed by atoms with van der Waals surface area (Å²) in [5, 5.41) is 140. The molecule has 0 radical (unpaired) electrons. The Morgan fingerprint density at radius 1 is 0.250 bits per heavy atom. The largest absolute Gasteiger partial charge is 0.507 e. The molecule has 0 atom stereocenters. The molecule has 8 aromatic carbocycles. The van der Waals surface area contributed by atoms with Crippen molar-refractivity contribution in [3.05, 3.63) is 212 Å². The topological polar surface area (TPSA) is 280 Å². The van der Waals surface area contributed by atoms with Gasteiger partial charge in [-0.15, -0.1) is 0 Å². The number of hydrogen-bond acceptors (Lipinski definition) is 16. The molecular weight excluding hydrogens is 972 g/mol. The normalized spacial score (nSPS) is 16.0. The molecule has 8 bridgehead atoms. The van der Waals surface area contributed by atoms with Gasteiger partial charge in [0.25, 0.3) is 0 Å². The van der Waals surface area contributed by atoms with E-state index < -0.39 is 98.1 Å². The third-order valence-electron chi connectivity index (χ3n) is 14.3. The second kappa shape index (κ2) is 21.7. The van der Waals surface area contributed by atoms with Crippen molar-refractivity contribution in [2.75, 3.05) is 28.4 Å². The number of benzene rings is 8. The summed E-state index contributed by atoms with van der Waals surface area (Å²) in [5.41, 5.74) is 3.97. The summed E-state index contributed by atoms with van der Waals surface area (Å²) in [5.74, 6) is -8.22. The van der Waals surface area contributed by atoms with E-state index in [0.29, 0.717) is 44.1 Å². The first-order valence-electron chi connectivity index (χ1n) is 23.9. The second-order valence-electron chi connectivity index (χ2n) is 18.6. The maximum absolute atomic E-state index is 12.2. The summed E-state index contributed by atoms with van der Waals surface area (Å²) in [7, 11) is 0.0813. The highest BCUT2D eigenvalue weighted by Crippen LogP contribution is 2.53. The Balaban J connectivity index is 1.45. The summed E-state index contributed by atoms with van der Waals surface area (Å²) in [6, 6.07) is 36.4. The van der Waals surface area contributed by atoms with E-state index in [-0.39, 0.29) is 44.5 Å².